The number of rotatable bonds is 2. The molecule has 0 aromatic carbocycles. The molecule has 3 heteroatoms. The van der Waals surface area contributed by atoms with Crippen LogP contribution >= 0.6 is 22.9 Å². The Kier molecular flexibility index (Phi) is 3.15. The summed E-state index contributed by atoms with van der Waals surface area (Å²) in [5, 5.41) is 0.0335. The minimum absolute atomic E-state index is 0.0335. The number of hydrogen-bond donors (Lipinski definition) is 0. The standard InChI is InChI=1S/C11H15ClOS/c1-7-5-6-13-11(7)10(12)9-4-3-8(2)14-9/h3-4,7,10-11H,5-6H2,1-2H3. The number of thiophene rings is 1. The molecule has 0 spiro atoms. The van der Waals surface area contributed by atoms with E-state index in [1.54, 1.807) is 11.3 Å². The SMILES string of the molecule is Cc1ccc(C(Cl)C2OCCC2C)s1. The summed E-state index contributed by atoms with van der Waals surface area (Å²) in [6.45, 7) is 5.18. The van der Waals surface area contributed by atoms with Gasteiger partial charge in [-0.05, 0) is 31.4 Å². The highest BCUT2D eigenvalue weighted by molar-refractivity contribution is 7.12. The first kappa shape index (κ1) is 10.5. The predicted octanol–water partition coefficient (Wildman–Crippen LogP) is 3.76. The molecule has 1 aliphatic heterocycles. The zero-order valence-electron chi connectivity index (χ0n) is 8.50. The lowest BCUT2D eigenvalue weighted by molar-refractivity contribution is 0.0910. The van der Waals surface area contributed by atoms with E-state index in [2.05, 4.69) is 26.0 Å². The fourth-order valence-corrected chi connectivity index (χ4v) is 3.27. The minimum atomic E-state index is 0.0335. The van der Waals surface area contributed by atoms with Gasteiger partial charge in [-0.1, -0.05) is 6.92 Å². The van der Waals surface area contributed by atoms with E-state index in [0.717, 1.165) is 13.0 Å². The molecule has 1 nitrogen and oxygen atoms in total. The molecule has 0 radical (unpaired) electrons. The van der Waals surface area contributed by atoms with E-state index in [-0.39, 0.29) is 11.5 Å². The molecule has 3 unspecified atom stereocenters. The second-order valence-electron chi connectivity index (χ2n) is 3.95. The Hall–Kier alpha value is -0.0500. The smallest absolute Gasteiger partial charge is 0.0942 e. The molecule has 0 N–H and O–H groups in total. The third kappa shape index (κ3) is 1.97. The van der Waals surface area contributed by atoms with Crippen LogP contribution in [-0.2, 0) is 4.74 Å². The van der Waals surface area contributed by atoms with E-state index in [4.69, 9.17) is 16.3 Å². The largest absolute Gasteiger partial charge is 0.376 e. The van der Waals surface area contributed by atoms with Crippen molar-refractivity contribution in [2.24, 2.45) is 5.92 Å². The number of alkyl halides is 1. The Morgan fingerprint density at radius 1 is 1.57 bits per heavy atom. The first-order valence-corrected chi connectivity index (χ1v) is 6.26. The molecule has 0 bridgehead atoms. The summed E-state index contributed by atoms with van der Waals surface area (Å²) in [6, 6.07) is 4.24. The maximum Gasteiger partial charge on any atom is 0.0942 e. The molecule has 1 saturated heterocycles. The average molecular weight is 231 g/mol. The quantitative estimate of drug-likeness (QED) is 0.703. The van der Waals surface area contributed by atoms with Crippen LogP contribution in [0.25, 0.3) is 0 Å². The van der Waals surface area contributed by atoms with Crippen LogP contribution in [0.5, 0.6) is 0 Å². The molecule has 1 aliphatic rings. The van der Waals surface area contributed by atoms with Gasteiger partial charge in [-0.15, -0.1) is 22.9 Å². The zero-order chi connectivity index (χ0) is 10.1. The van der Waals surface area contributed by atoms with Crippen molar-refractivity contribution in [3.05, 3.63) is 21.9 Å². The lowest BCUT2D eigenvalue weighted by Crippen LogP contribution is -2.18. The molecule has 0 aliphatic carbocycles. The molecule has 14 heavy (non-hydrogen) atoms. The summed E-state index contributed by atoms with van der Waals surface area (Å²) in [4.78, 5) is 2.55. The molecule has 1 aromatic heterocycles. The van der Waals surface area contributed by atoms with Gasteiger partial charge >= 0.3 is 0 Å². The summed E-state index contributed by atoms with van der Waals surface area (Å²) in [6.07, 6.45) is 1.34. The van der Waals surface area contributed by atoms with Gasteiger partial charge in [-0.25, -0.2) is 0 Å². The second-order valence-corrected chi connectivity index (χ2v) is 5.74. The lowest BCUT2D eigenvalue weighted by atomic mass is 10.0. The topological polar surface area (TPSA) is 9.23 Å². The summed E-state index contributed by atoms with van der Waals surface area (Å²) in [7, 11) is 0. The van der Waals surface area contributed by atoms with Crippen LogP contribution in [0, 0.1) is 12.8 Å². The summed E-state index contributed by atoms with van der Waals surface area (Å²) >= 11 is 8.18. The molecule has 2 heterocycles. The number of aryl methyl sites for hydroxylation is 1. The van der Waals surface area contributed by atoms with E-state index in [1.807, 2.05) is 0 Å². The molecule has 1 fully saturated rings. The molecular formula is C11H15ClOS. The van der Waals surface area contributed by atoms with Gasteiger partial charge in [0.25, 0.3) is 0 Å². The lowest BCUT2D eigenvalue weighted by Gasteiger charge is -2.19. The monoisotopic (exact) mass is 230 g/mol. The highest BCUT2D eigenvalue weighted by atomic mass is 35.5. The van der Waals surface area contributed by atoms with Crippen molar-refractivity contribution in [1.82, 2.24) is 0 Å². The first-order chi connectivity index (χ1) is 6.68. The third-order valence-corrected chi connectivity index (χ3v) is 4.46. The molecule has 0 amide bonds. The van der Waals surface area contributed by atoms with Crippen LogP contribution in [0.1, 0.15) is 28.5 Å². The number of ether oxygens (including phenoxy) is 1. The van der Waals surface area contributed by atoms with Crippen LogP contribution in [0.3, 0.4) is 0 Å². The van der Waals surface area contributed by atoms with E-state index >= 15 is 0 Å². The number of hydrogen-bond acceptors (Lipinski definition) is 2. The Morgan fingerprint density at radius 2 is 2.36 bits per heavy atom. The maximum atomic E-state index is 6.41. The van der Waals surface area contributed by atoms with Gasteiger partial charge in [-0.2, -0.15) is 0 Å². The van der Waals surface area contributed by atoms with E-state index in [9.17, 15) is 0 Å². The van der Waals surface area contributed by atoms with Crippen molar-refractivity contribution in [1.29, 1.82) is 0 Å². The molecular weight excluding hydrogens is 216 g/mol. The normalized spacial score (nSPS) is 29.4. The highest BCUT2D eigenvalue weighted by Gasteiger charge is 2.32. The molecule has 3 atom stereocenters. The Labute approximate surface area is 94.0 Å². The highest BCUT2D eigenvalue weighted by Crippen LogP contribution is 2.38. The van der Waals surface area contributed by atoms with Gasteiger partial charge in [0.15, 0.2) is 0 Å². The minimum Gasteiger partial charge on any atom is -0.376 e. The Morgan fingerprint density at radius 3 is 2.86 bits per heavy atom. The van der Waals surface area contributed by atoms with Crippen LogP contribution in [0.2, 0.25) is 0 Å². The Bertz CT molecular complexity index is 310. The summed E-state index contributed by atoms with van der Waals surface area (Å²) in [5.74, 6) is 0.583. The van der Waals surface area contributed by atoms with Gasteiger partial charge in [0.2, 0.25) is 0 Å². The van der Waals surface area contributed by atoms with Crippen molar-refractivity contribution < 1.29 is 4.74 Å². The summed E-state index contributed by atoms with van der Waals surface area (Å²) in [5.41, 5.74) is 0. The zero-order valence-corrected chi connectivity index (χ0v) is 10.1. The van der Waals surface area contributed by atoms with Crippen molar-refractivity contribution in [2.45, 2.75) is 31.7 Å². The van der Waals surface area contributed by atoms with Crippen molar-refractivity contribution in [3.8, 4) is 0 Å². The van der Waals surface area contributed by atoms with Gasteiger partial charge in [0.05, 0.1) is 11.5 Å². The third-order valence-electron chi connectivity index (χ3n) is 2.77. The fraction of sp³-hybridized carbons (Fsp3) is 0.636. The van der Waals surface area contributed by atoms with Gasteiger partial charge in [-0.3, -0.25) is 0 Å². The molecule has 0 saturated carbocycles. The number of halogens is 1. The summed E-state index contributed by atoms with van der Waals surface area (Å²) < 4.78 is 5.67. The van der Waals surface area contributed by atoms with E-state index in [1.165, 1.54) is 9.75 Å². The van der Waals surface area contributed by atoms with E-state index in [0.29, 0.717) is 5.92 Å². The van der Waals surface area contributed by atoms with Gasteiger partial charge in [0, 0.05) is 16.4 Å². The first-order valence-electron chi connectivity index (χ1n) is 5.00. The average Bonchev–Trinajstić information content (AvgIpc) is 2.73. The van der Waals surface area contributed by atoms with E-state index < -0.39 is 0 Å². The Balaban J connectivity index is 2.11. The molecule has 78 valence electrons. The maximum absolute atomic E-state index is 6.41. The van der Waals surface area contributed by atoms with Gasteiger partial charge in [0.1, 0.15) is 0 Å². The second kappa shape index (κ2) is 4.21. The van der Waals surface area contributed by atoms with Gasteiger partial charge < -0.3 is 4.74 Å². The van der Waals surface area contributed by atoms with Crippen molar-refractivity contribution in [2.75, 3.05) is 6.61 Å². The van der Waals surface area contributed by atoms with Crippen LogP contribution in [0.4, 0.5) is 0 Å². The molecule has 1 aromatic rings. The van der Waals surface area contributed by atoms with Crippen molar-refractivity contribution in [3.63, 3.8) is 0 Å². The van der Waals surface area contributed by atoms with Crippen molar-refractivity contribution >= 4 is 22.9 Å². The van der Waals surface area contributed by atoms with Crippen LogP contribution < -0.4 is 0 Å². The van der Waals surface area contributed by atoms with Crippen LogP contribution in [0.15, 0.2) is 12.1 Å². The molecule has 2 rings (SSSR count). The van der Waals surface area contributed by atoms with Crippen LogP contribution in [-0.4, -0.2) is 12.7 Å². The predicted molar refractivity (Wildman–Crippen MR) is 61.2 cm³/mol. The fourth-order valence-electron chi connectivity index (χ4n) is 1.86.